The highest BCUT2D eigenvalue weighted by Crippen LogP contribution is 2.17. The zero-order valence-corrected chi connectivity index (χ0v) is 11.7. The zero-order valence-electron chi connectivity index (χ0n) is 10.0. The molecule has 0 spiro atoms. The Morgan fingerprint density at radius 3 is 2.82 bits per heavy atom. The van der Waals surface area contributed by atoms with E-state index in [9.17, 15) is 4.79 Å². The zero-order chi connectivity index (χ0) is 11.5. The first-order chi connectivity index (χ1) is 7.66. The van der Waals surface area contributed by atoms with Crippen molar-refractivity contribution >= 4 is 29.7 Å². The number of hydrogen-bond donors (Lipinski definition) is 2. The Balaban J connectivity index is 0.00000144. The van der Waals surface area contributed by atoms with E-state index in [1.165, 1.54) is 0 Å². The minimum absolute atomic E-state index is 0. The van der Waals surface area contributed by atoms with Gasteiger partial charge in [-0.05, 0) is 5.92 Å². The fraction of sp³-hybridized carbons (Fsp3) is 0.636. The summed E-state index contributed by atoms with van der Waals surface area (Å²) < 4.78 is 0. The molecule has 0 aliphatic carbocycles. The summed E-state index contributed by atoms with van der Waals surface area (Å²) in [6, 6.07) is 0. The lowest BCUT2D eigenvalue weighted by Crippen LogP contribution is -2.50. The van der Waals surface area contributed by atoms with Gasteiger partial charge in [-0.2, -0.15) is 0 Å². The molecule has 0 aromatic carbocycles. The maximum absolute atomic E-state index is 11.6. The van der Waals surface area contributed by atoms with Gasteiger partial charge in [0.05, 0.1) is 18.2 Å². The third-order valence-corrected chi connectivity index (χ3v) is 3.59. The Labute approximate surface area is 112 Å². The Kier molecular flexibility index (Phi) is 5.36. The van der Waals surface area contributed by atoms with Crippen LogP contribution in [0.4, 0.5) is 0 Å². The molecule has 0 radical (unpaired) electrons. The van der Waals surface area contributed by atoms with E-state index in [1.807, 2.05) is 0 Å². The highest BCUT2D eigenvalue weighted by molar-refractivity contribution is 7.09. The summed E-state index contributed by atoms with van der Waals surface area (Å²) in [5, 5.41) is 9.06. The summed E-state index contributed by atoms with van der Waals surface area (Å²) in [6.07, 6.45) is 0. The molecular weight excluding hydrogens is 258 g/mol. The van der Waals surface area contributed by atoms with Gasteiger partial charge in [-0.3, -0.25) is 4.79 Å². The molecule has 1 fully saturated rings. The number of hydrogen-bond acceptors (Lipinski definition) is 4. The molecule has 1 saturated heterocycles. The van der Waals surface area contributed by atoms with Crippen LogP contribution in [-0.4, -0.2) is 24.0 Å². The van der Waals surface area contributed by atoms with Gasteiger partial charge >= 0.3 is 0 Å². The van der Waals surface area contributed by atoms with E-state index >= 15 is 0 Å². The number of nitrogens with one attached hydrogen (secondary N) is 2. The lowest BCUT2D eigenvalue weighted by molar-refractivity contribution is -0.126. The average molecular weight is 276 g/mol. The lowest BCUT2D eigenvalue weighted by Gasteiger charge is -2.25. The van der Waals surface area contributed by atoms with Gasteiger partial charge in [0.2, 0.25) is 5.91 Å². The molecule has 0 bridgehead atoms. The van der Waals surface area contributed by atoms with Crippen molar-refractivity contribution in [3.05, 3.63) is 16.1 Å². The first-order valence-corrected chi connectivity index (χ1v) is 6.47. The molecule has 1 aliphatic rings. The van der Waals surface area contributed by atoms with E-state index in [2.05, 4.69) is 34.8 Å². The molecule has 1 amide bonds. The second kappa shape index (κ2) is 6.33. The predicted octanol–water partition coefficient (Wildman–Crippen LogP) is 1.52. The molecule has 2 heterocycles. The van der Waals surface area contributed by atoms with E-state index in [0.717, 1.165) is 23.8 Å². The van der Waals surface area contributed by atoms with Crippen LogP contribution in [0.3, 0.4) is 0 Å². The van der Waals surface area contributed by atoms with Crippen LogP contribution in [0.15, 0.2) is 5.38 Å². The average Bonchev–Trinajstić information content (AvgIpc) is 2.60. The van der Waals surface area contributed by atoms with Crippen molar-refractivity contribution in [2.24, 2.45) is 5.92 Å². The van der Waals surface area contributed by atoms with Gasteiger partial charge in [0, 0.05) is 18.5 Å². The molecule has 17 heavy (non-hydrogen) atoms. The van der Waals surface area contributed by atoms with Crippen molar-refractivity contribution in [1.82, 2.24) is 15.6 Å². The van der Waals surface area contributed by atoms with Gasteiger partial charge < -0.3 is 10.6 Å². The topological polar surface area (TPSA) is 54.0 Å². The summed E-state index contributed by atoms with van der Waals surface area (Å²) in [5.74, 6) is 0.751. The van der Waals surface area contributed by atoms with E-state index in [4.69, 9.17) is 0 Å². The normalized spacial score (nSPS) is 15.2. The van der Waals surface area contributed by atoms with Crippen molar-refractivity contribution in [3.63, 3.8) is 0 Å². The lowest BCUT2D eigenvalue weighted by atomic mass is 10.0. The monoisotopic (exact) mass is 275 g/mol. The largest absolute Gasteiger partial charge is 0.349 e. The Morgan fingerprint density at radius 1 is 1.65 bits per heavy atom. The molecule has 1 aromatic heterocycles. The smallest absolute Gasteiger partial charge is 0.226 e. The van der Waals surface area contributed by atoms with Crippen LogP contribution in [0.25, 0.3) is 0 Å². The first-order valence-electron chi connectivity index (χ1n) is 5.59. The predicted molar refractivity (Wildman–Crippen MR) is 71.7 cm³/mol. The Hall–Kier alpha value is -0.650. The van der Waals surface area contributed by atoms with E-state index in [-0.39, 0.29) is 24.2 Å². The molecule has 96 valence electrons. The molecule has 1 aliphatic heterocycles. The molecule has 1 aromatic rings. The van der Waals surface area contributed by atoms with Crippen molar-refractivity contribution < 1.29 is 4.79 Å². The highest BCUT2D eigenvalue weighted by Gasteiger charge is 2.24. The quantitative estimate of drug-likeness (QED) is 0.876. The summed E-state index contributed by atoms with van der Waals surface area (Å²) in [5.41, 5.74) is 1.11. The number of aromatic nitrogens is 1. The molecule has 0 saturated carbocycles. The molecule has 4 nitrogen and oxygen atoms in total. The standard InChI is InChI=1S/C11H17N3OS.ClH/c1-7(2)9-6-16-10(14-9)5-13-11(15)8-3-12-4-8;/h6-8,12H,3-5H2,1-2H3,(H,13,15);1H. The number of carbonyl (C=O) groups excluding carboxylic acids is 1. The molecule has 0 atom stereocenters. The summed E-state index contributed by atoms with van der Waals surface area (Å²) in [6.45, 7) is 6.42. The van der Waals surface area contributed by atoms with Gasteiger partial charge in [-0.1, -0.05) is 13.8 Å². The number of nitrogens with zero attached hydrogens (tertiary/aromatic N) is 1. The number of rotatable bonds is 4. The summed E-state index contributed by atoms with van der Waals surface area (Å²) in [7, 11) is 0. The maximum Gasteiger partial charge on any atom is 0.226 e. The van der Waals surface area contributed by atoms with Crippen LogP contribution in [0.2, 0.25) is 0 Å². The number of halogens is 1. The van der Waals surface area contributed by atoms with Crippen LogP contribution < -0.4 is 10.6 Å². The summed E-state index contributed by atoms with van der Waals surface area (Å²) >= 11 is 1.62. The third-order valence-electron chi connectivity index (χ3n) is 2.73. The maximum atomic E-state index is 11.6. The second-order valence-corrected chi connectivity index (χ2v) is 5.34. The van der Waals surface area contributed by atoms with Crippen LogP contribution in [0.1, 0.15) is 30.5 Å². The van der Waals surface area contributed by atoms with Gasteiger partial charge in [0.15, 0.2) is 0 Å². The fourth-order valence-electron chi connectivity index (χ4n) is 1.45. The van der Waals surface area contributed by atoms with E-state index in [0.29, 0.717) is 12.5 Å². The molecule has 2 rings (SSSR count). The molecule has 2 N–H and O–H groups in total. The van der Waals surface area contributed by atoms with Gasteiger partial charge in [0.25, 0.3) is 0 Å². The fourth-order valence-corrected chi connectivity index (χ4v) is 2.35. The minimum atomic E-state index is 0. The van der Waals surface area contributed by atoms with Crippen LogP contribution in [0.5, 0.6) is 0 Å². The molecule has 0 unspecified atom stereocenters. The Bertz CT molecular complexity index is 377. The minimum Gasteiger partial charge on any atom is -0.349 e. The second-order valence-electron chi connectivity index (χ2n) is 4.39. The van der Waals surface area contributed by atoms with E-state index < -0.39 is 0 Å². The SMILES string of the molecule is CC(C)c1csc(CNC(=O)C2CNC2)n1.Cl. The van der Waals surface area contributed by atoms with Crippen LogP contribution >= 0.6 is 23.7 Å². The van der Waals surface area contributed by atoms with Crippen molar-refractivity contribution in [3.8, 4) is 0 Å². The number of thiazole rings is 1. The van der Waals surface area contributed by atoms with Crippen molar-refractivity contribution in [1.29, 1.82) is 0 Å². The van der Waals surface area contributed by atoms with Gasteiger partial charge in [-0.15, -0.1) is 23.7 Å². The third kappa shape index (κ3) is 3.66. The number of carbonyl (C=O) groups is 1. The summed E-state index contributed by atoms with van der Waals surface area (Å²) in [4.78, 5) is 16.0. The van der Waals surface area contributed by atoms with Crippen LogP contribution in [0, 0.1) is 5.92 Å². The van der Waals surface area contributed by atoms with Gasteiger partial charge in [-0.25, -0.2) is 4.98 Å². The highest BCUT2D eigenvalue weighted by atomic mass is 35.5. The molecule has 6 heteroatoms. The van der Waals surface area contributed by atoms with E-state index in [1.54, 1.807) is 11.3 Å². The van der Waals surface area contributed by atoms with Crippen molar-refractivity contribution in [2.75, 3.05) is 13.1 Å². The van der Waals surface area contributed by atoms with Crippen LogP contribution in [-0.2, 0) is 11.3 Å². The molecular formula is C11H18ClN3OS. The van der Waals surface area contributed by atoms with Crippen molar-refractivity contribution in [2.45, 2.75) is 26.3 Å². The van der Waals surface area contributed by atoms with Gasteiger partial charge in [0.1, 0.15) is 5.01 Å². The number of amides is 1. The Morgan fingerprint density at radius 2 is 2.35 bits per heavy atom. The first kappa shape index (κ1) is 14.4.